The number of amides is 1. The summed E-state index contributed by atoms with van der Waals surface area (Å²) in [4.78, 5) is 11.9. The van der Waals surface area contributed by atoms with E-state index in [4.69, 9.17) is 9.47 Å². The van der Waals surface area contributed by atoms with Crippen LogP contribution in [0.15, 0.2) is 47.4 Å². The molecule has 1 fully saturated rings. The van der Waals surface area contributed by atoms with Crippen LogP contribution in [0.3, 0.4) is 0 Å². The number of methoxy groups -OCH3 is 1. The molecule has 0 spiro atoms. The molecular formula is C18H19FN2O5S. The highest BCUT2D eigenvalue weighted by Crippen LogP contribution is 2.23. The lowest BCUT2D eigenvalue weighted by molar-refractivity contribution is 0.0729. The fraction of sp³-hybridized carbons (Fsp3) is 0.278. The van der Waals surface area contributed by atoms with Gasteiger partial charge in [-0.25, -0.2) is 12.8 Å². The molecule has 144 valence electrons. The molecule has 0 atom stereocenters. The molecule has 1 N–H and O–H groups in total. The third-order valence-corrected chi connectivity index (χ3v) is 6.04. The van der Waals surface area contributed by atoms with Crippen molar-refractivity contribution in [3.8, 4) is 5.75 Å². The van der Waals surface area contributed by atoms with Crippen molar-refractivity contribution < 1.29 is 27.1 Å². The van der Waals surface area contributed by atoms with E-state index in [1.165, 1.54) is 13.2 Å². The van der Waals surface area contributed by atoms with Gasteiger partial charge in [0.25, 0.3) is 5.91 Å². The third kappa shape index (κ3) is 4.26. The van der Waals surface area contributed by atoms with Crippen LogP contribution in [0, 0.1) is 5.82 Å². The van der Waals surface area contributed by atoms with E-state index in [9.17, 15) is 17.6 Å². The molecule has 2 aromatic carbocycles. The number of nitrogens with zero attached hydrogens (tertiary/aromatic N) is 1. The van der Waals surface area contributed by atoms with Crippen molar-refractivity contribution in [2.24, 2.45) is 0 Å². The number of benzene rings is 2. The zero-order chi connectivity index (χ0) is 19.4. The number of carbonyl (C=O) groups is 1. The zero-order valence-corrected chi connectivity index (χ0v) is 15.5. The van der Waals surface area contributed by atoms with Gasteiger partial charge in [0.05, 0.1) is 20.3 Å². The summed E-state index contributed by atoms with van der Waals surface area (Å²) < 4.78 is 50.9. The summed E-state index contributed by atoms with van der Waals surface area (Å²) in [6.07, 6.45) is 0. The fourth-order valence-electron chi connectivity index (χ4n) is 2.65. The third-order valence-electron chi connectivity index (χ3n) is 4.13. The van der Waals surface area contributed by atoms with Gasteiger partial charge in [0, 0.05) is 24.3 Å². The topological polar surface area (TPSA) is 84.9 Å². The lowest BCUT2D eigenvalue weighted by atomic mass is 10.2. The number of halogens is 1. The molecule has 3 rings (SSSR count). The predicted molar refractivity (Wildman–Crippen MR) is 96.9 cm³/mol. The Morgan fingerprint density at radius 3 is 2.44 bits per heavy atom. The highest BCUT2D eigenvalue weighted by atomic mass is 32.2. The largest absolute Gasteiger partial charge is 0.497 e. The van der Waals surface area contributed by atoms with Crippen molar-refractivity contribution in [3.05, 3.63) is 53.8 Å². The molecule has 2 aromatic rings. The van der Waals surface area contributed by atoms with Gasteiger partial charge < -0.3 is 14.8 Å². The van der Waals surface area contributed by atoms with Gasteiger partial charge in [-0.05, 0) is 42.5 Å². The summed E-state index contributed by atoms with van der Waals surface area (Å²) in [6, 6.07) is 9.92. The smallest absolute Gasteiger partial charge is 0.255 e. The number of rotatable bonds is 5. The first kappa shape index (κ1) is 19.3. The molecule has 1 amide bonds. The first-order chi connectivity index (χ1) is 12.9. The molecule has 0 aromatic heterocycles. The average molecular weight is 394 g/mol. The van der Waals surface area contributed by atoms with E-state index in [1.54, 1.807) is 24.3 Å². The van der Waals surface area contributed by atoms with Gasteiger partial charge in [0.1, 0.15) is 16.5 Å². The van der Waals surface area contributed by atoms with Crippen molar-refractivity contribution in [2.45, 2.75) is 4.90 Å². The molecule has 1 aliphatic heterocycles. The monoisotopic (exact) mass is 394 g/mol. The molecule has 1 saturated heterocycles. The second kappa shape index (κ2) is 8.03. The molecule has 27 heavy (non-hydrogen) atoms. The van der Waals surface area contributed by atoms with Crippen LogP contribution in [0.2, 0.25) is 0 Å². The highest BCUT2D eigenvalue weighted by Gasteiger charge is 2.29. The van der Waals surface area contributed by atoms with E-state index in [0.29, 0.717) is 11.4 Å². The Labute approximate surface area is 156 Å². The molecule has 0 bridgehead atoms. The molecule has 1 aliphatic rings. The SMILES string of the molecule is COc1ccc(NC(=O)c2ccc(F)c(S(=O)(=O)N3CCOCC3)c2)cc1. The predicted octanol–water partition coefficient (Wildman–Crippen LogP) is 2.11. The maximum Gasteiger partial charge on any atom is 0.255 e. The Kier molecular flexibility index (Phi) is 5.73. The number of morpholine rings is 1. The van der Waals surface area contributed by atoms with Crippen LogP contribution in [0.5, 0.6) is 5.75 Å². The number of nitrogens with one attached hydrogen (secondary N) is 1. The van der Waals surface area contributed by atoms with E-state index in [0.717, 1.165) is 16.4 Å². The maximum absolute atomic E-state index is 14.2. The Hall–Kier alpha value is -2.49. The van der Waals surface area contributed by atoms with Gasteiger partial charge in [-0.2, -0.15) is 4.31 Å². The van der Waals surface area contributed by atoms with Crippen molar-refractivity contribution in [1.82, 2.24) is 4.31 Å². The first-order valence-electron chi connectivity index (χ1n) is 8.24. The van der Waals surface area contributed by atoms with E-state index in [1.807, 2.05) is 0 Å². The van der Waals surface area contributed by atoms with E-state index >= 15 is 0 Å². The van der Waals surface area contributed by atoms with Gasteiger partial charge in [-0.1, -0.05) is 0 Å². The van der Waals surface area contributed by atoms with Gasteiger partial charge in [0.15, 0.2) is 0 Å². The lowest BCUT2D eigenvalue weighted by Gasteiger charge is -2.26. The first-order valence-corrected chi connectivity index (χ1v) is 9.68. The number of sulfonamides is 1. The zero-order valence-electron chi connectivity index (χ0n) is 14.6. The summed E-state index contributed by atoms with van der Waals surface area (Å²) in [5.41, 5.74) is 0.543. The van der Waals surface area contributed by atoms with Crippen LogP contribution in [0.1, 0.15) is 10.4 Å². The number of hydrogen-bond donors (Lipinski definition) is 1. The number of carbonyl (C=O) groups excluding carboxylic acids is 1. The molecular weight excluding hydrogens is 375 g/mol. The second-order valence-corrected chi connectivity index (χ2v) is 7.75. The summed E-state index contributed by atoms with van der Waals surface area (Å²) in [5, 5.41) is 2.64. The van der Waals surface area contributed by atoms with Gasteiger partial charge in [0.2, 0.25) is 10.0 Å². The van der Waals surface area contributed by atoms with Gasteiger partial charge in [-0.15, -0.1) is 0 Å². The van der Waals surface area contributed by atoms with Crippen molar-refractivity contribution in [3.63, 3.8) is 0 Å². The minimum atomic E-state index is -4.05. The molecule has 0 saturated carbocycles. The van der Waals surface area contributed by atoms with Crippen LogP contribution >= 0.6 is 0 Å². The molecule has 7 nitrogen and oxygen atoms in total. The number of anilines is 1. The van der Waals surface area contributed by atoms with Crippen LogP contribution < -0.4 is 10.1 Å². The summed E-state index contributed by atoms with van der Waals surface area (Å²) in [5.74, 6) is -0.810. The van der Waals surface area contributed by atoms with E-state index in [2.05, 4.69) is 5.32 Å². The second-order valence-electron chi connectivity index (χ2n) is 5.84. The van der Waals surface area contributed by atoms with Crippen LogP contribution in [0.4, 0.5) is 10.1 Å². The Balaban J connectivity index is 1.84. The normalized spacial score (nSPS) is 15.3. The molecule has 9 heteroatoms. The standard InChI is InChI=1S/C18H19FN2O5S/c1-25-15-5-3-14(4-6-15)20-18(22)13-2-7-16(19)17(12-13)27(23,24)21-8-10-26-11-9-21/h2-7,12H,8-11H2,1H3,(H,20,22). The summed E-state index contributed by atoms with van der Waals surface area (Å²) >= 11 is 0. The minimum Gasteiger partial charge on any atom is -0.497 e. The lowest BCUT2D eigenvalue weighted by Crippen LogP contribution is -2.41. The Morgan fingerprint density at radius 1 is 1.15 bits per heavy atom. The van der Waals surface area contributed by atoms with Gasteiger partial charge >= 0.3 is 0 Å². The van der Waals surface area contributed by atoms with Crippen LogP contribution in [-0.2, 0) is 14.8 Å². The highest BCUT2D eigenvalue weighted by molar-refractivity contribution is 7.89. The number of ether oxygens (including phenoxy) is 2. The Morgan fingerprint density at radius 2 is 1.81 bits per heavy atom. The van der Waals surface area contributed by atoms with Crippen molar-refractivity contribution in [2.75, 3.05) is 38.7 Å². The van der Waals surface area contributed by atoms with Crippen LogP contribution in [0.25, 0.3) is 0 Å². The quantitative estimate of drug-likeness (QED) is 0.840. The maximum atomic E-state index is 14.2. The molecule has 1 heterocycles. The minimum absolute atomic E-state index is 0.0408. The van der Waals surface area contributed by atoms with Crippen molar-refractivity contribution in [1.29, 1.82) is 0 Å². The fourth-order valence-corrected chi connectivity index (χ4v) is 4.14. The Bertz CT molecular complexity index is 925. The van der Waals surface area contributed by atoms with Crippen molar-refractivity contribution >= 4 is 21.6 Å². The van der Waals surface area contributed by atoms with Crippen LogP contribution in [-0.4, -0.2) is 52.0 Å². The van der Waals surface area contributed by atoms with E-state index in [-0.39, 0.29) is 31.9 Å². The van der Waals surface area contributed by atoms with E-state index < -0.39 is 26.6 Å². The molecule has 0 aliphatic carbocycles. The average Bonchev–Trinajstić information content (AvgIpc) is 2.69. The molecule has 0 unspecified atom stereocenters. The number of hydrogen-bond acceptors (Lipinski definition) is 5. The molecule has 0 radical (unpaired) electrons. The summed E-state index contributed by atoms with van der Waals surface area (Å²) in [6.45, 7) is 0.783. The summed E-state index contributed by atoms with van der Waals surface area (Å²) in [7, 11) is -2.52. The van der Waals surface area contributed by atoms with Gasteiger partial charge in [-0.3, -0.25) is 4.79 Å².